The fourth-order valence-electron chi connectivity index (χ4n) is 4.76. The fraction of sp³-hybridized carbons (Fsp3) is 0.241. The van der Waals surface area contributed by atoms with Crippen molar-refractivity contribution in [1.29, 1.82) is 5.26 Å². The quantitative estimate of drug-likeness (QED) is 0.462. The molecule has 1 saturated heterocycles. The molecule has 170 valence electrons. The van der Waals surface area contributed by atoms with Gasteiger partial charge in [-0.05, 0) is 66.8 Å². The van der Waals surface area contributed by atoms with Crippen LogP contribution in [-0.2, 0) is 0 Å². The Bertz CT molecular complexity index is 1420. The molecule has 0 amide bonds. The number of aromatic nitrogens is 1. The summed E-state index contributed by atoms with van der Waals surface area (Å²) in [5.74, 6) is 0. The standard InChI is InChI=1S/C29H28N4O/c1-20(2)32-13-15-33(16-14-32)25-10-7-21(8-11-25)22-9-12-28-24(17-22)18-27(29(34)31-28)26-6-4-3-5-23(26)19-30/h3-12,17-18,20H,13-16H2,1-2H3,(H,31,34). The molecule has 1 N–H and O–H groups in total. The van der Waals surface area contributed by atoms with E-state index in [1.807, 2.05) is 36.4 Å². The van der Waals surface area contributed by atoms with E-state index in [0.29, 0.717) is 22.7 Å². The van der Waals surface area contributed by atoms with E-state index in [1.54, 1.807) is 6.07 Å². The van der Waals surface area contributed by atoms with E-state index in [4.69, 9.17) is 0 Å². The number of pyridine rings is 1. The Hall–Kier alpha value is -3.88. The smallest absolute Gasteiger partial charge is 0.256 e. The van der Waals surface area contributed by atoms with Gasteiger partial charge in [-0.2, -0.15) is 5.26 Å². The molecular weight excluding hydrogens is 420 g/mol. The fourth-order valence-corrected chi connectivity index (χ4v) is 4.76. The number of aromatic amines is 1. The monoisotopic (exact) mass is 448 g/mol. The second-order valence-electron chi connectivity index (χ2n) is 9.14. The first-order valence-corrected chi connectivity index (χ1v) is 11.8. The third kappa shape index (κ3) is 4.21. The molecule has 5 nitrogen and oxygen atoms in total. The van der Waals surface area contributed by atoms with E-state index in [0.717, 1.165) is 48.2 Å². The molecule has 0 spiro atoms. The normalized spacial score (nSPS) is 14.5. The third-order valence-electron chi connectivity index (χ3n) is 6.79. The lowest BCUT2D eigenvalue weighted by molar-refractivity contribution is 0.209. The molecule has 1 aliphatic rings. The highest BCUT2D eigenvalue weighted by molar-refractivity contribution is 5.88. The van der Waals surface area contributed by atoms with Gasteiger partial charge in [0, 0.05) is 54.6 Å². The van der Waals surface area contributed by atoms with Gasteiger partial charge in [-0.1, -0.05) is 36.4 Å². The number of nitriles is 1. The van der Waals surface area contributed by atoms with Crippen molar-refractivity contribution in [2.45, 2.75) is 19.9 Å². The van der Waals surface area contributed by atoms with E-state index in [1.165, 1.54) is 5.69 Å². The first-order chi connectivity index (χ1) is 16.5. The maximum Gasteiger partial charge on any atom is 0.256 e. The maximum absolute atomic E-state index is 12.7. The summed E-state index contributed by atoms with van der Waals surface area (Å²) in [6.07, 6.45) is 0. The number of H-pyrrole nitrogens is 1. The number of rotatable bonds is 4. The van der Waals surface area contributed by atoms with Crippen LogP contribution in [0.5, 0.6) is 0 Å². The number of benzene rings is 3. The van der Waals surface area contributed by atoms with Gasteiger partial charge in [-0.3, -0.25) is 9.69 Å². The number of anilines is 1. The summed E-state index contributed by atoms with van der Waals surface area (Å²) in [5.41, 5.74) is 5.74. The van der Waals surface area contributed by atoms with Gasteiger partial charge in [0.05, 0.1) is 11.6 Å². The van der Waals surface area contributed by atoms with Gasteiger partial charge in [0.25, 0.3) is 5.56 Å². The lowest BCUT2D eigenvalue weighted by Gasteiger charge is -2.38. The second-order valence-corrected chi connectivity index (χ2v) is 9.14. The van der Waals surface area contributed by atoms with Crippen LogP contribution >= 0.6 is 0 Å². The highest BCUT2D eigenvalue weighted by Gasteiger charge is 2.19. The topological polar surface area (TPSA) is 63.1 Å². The number of piperazine rings is 1. The van der Waals surface area contributed by atoms with Crippen LogP contribution in [0.25, 0.3) is 33.2 Å². The van der Waals surface area contributed by atoms with Crippen LogP contribution in [0.4, 0.5) is 5.69 Å². The predicted octanol–water partition coefficient (Wildman–Crippen LogP) is 5.26. The number of nitrogens with zero attached hydrogens (tertiary/aromatic N) is 3. The van der Waals surface area contributed by atoms with Crippen molar-refractivity contribution < 1.29 is 0 Å². The molecule has 0 unspecified atom stereocenters. The summed E-state index contributed by atoms with van der Waals surface area (Å²) in [4.78, 5) is 20.7. The van der Waals surface area contributed by atoms with Crippen LogP contribution in [0.1, 0.15) is 19.4 Å². The van der Waals surface area contributed by atoms with Crippen LogP contribution in [0.3, 0.4) is 0 Å². The number of hydrogen-bond donors (Lipinski definition) is 1. The molecule has 1 aromatic heterocycles. The Balaban J connectivity index is 1.44. The average Bonchev–Trinajstić information content (AvgIpc) is 2.88. The summed E-state index contributed by atoms with van der Waals surface area (Å²) in [5, 5.41) is 10.4. The third-order valence-corrected chi connectivity index (χ3v) is 6.79. The minimum absolute atomic E-state index is 0.190. The first kappa shape index (κ1) is 21.9. The van der Waals surface area contributed by atoms with Crippen molar-refractivity contribution in [2.24, 2.45) is 0 Å². The average molecular weight is 449 g/mol. The Morgan fingerprint density at radius 1 is 0.853 bits per heavy atom. The van der Waals surface area contributed by atoms with E-state index >= 15 is 0 Å². The Kier molecular flexibility index (Phi) is 5.91. The van der Waals surface area contributed by atoms with Crippen molar-refractivity contribution in [3.63, 3.8) is 0 Å². The highest BCUT2D eigenvalue weighted by atomic mass is 16.1. The minimum atomic E-state index is -0.190. The molecule has 0 radical (unpaired) electrons. The van der Waals surface area contributed by atoms with Crippen molar-refractivity contribution in [3.8, 4) is 28.3 Å². The highest BCUT2D eigenvalue weighted by Crippen LogP contribution is 2.28. The van der Waals surface area contributed by atoms with Gasteiger partial charge in [0.15, 0.2) is 0 Å². The van der Waals surface area contributed by atoms with Crippen molar-refractivity contribution in [3.05, 3.63) is 88.7 Å². The van der Waals surface area contributed by atoms with Gasteiger partial charge in [0.2, 0.25) is 0 Å². The number of nitrogens with one attached hydrogen (secondary N) is 1. The lowest BCUT2D eigenvalue weighted by Crippen LogP contribution is -2.48. The molecule has 5 rings (SSSR count). The maximum atomic E-state index is 12.7. The predicted molar refractivity (Wildman–Crippen MR) is 139 cm³/mol. The minimum Gasteiger partial charge on any atom is -0.369 e. The van der Waals surface area contributed by atoms with E-state index in [9.17, 15) is 10.1 Å². The second kappa shape index (κ2) is 9.17. The molecular formula is C29H28N4O. The molecule has 3 aromatic carbocycles. The summed E-state index contributed by atoms with van der Waals surface area (Å²) >= 11 is 0. The van der Waals surface area contributed by atoms with Gasteiger partial charge in [-0.25, -0.2) is 0 Å². The summed E-state index contributed by atoms with van der Waals surface area (Å²) < 4.78 is 0. The molecule has 1 aliphatic heterocycles. The van der Waals surface area contributed by atoms with E-state index < -0.39 is 0 Å². The molecule has 1 fully saturated rings. The Labute approximate surface area is 199 Å². The SMILES string of the molecule is CC(C)N1CCN(c2ccc(-c3ccc4[nH]c(=O)c(-c5ccccc5C#N)cc4c3)cc2)CC1. The molecule has 0 saturated carbocycles. The molecule has 2 heterocycles. The van der Waals surface area contributed by atoms with Gasteiger partial charge < -0.3 is 9.88 Å². The van der Waals surface area contributed by atoms with Crippen LogP contribution < -0.4 is 10.5 Å². The summed E-state index contributed by atoms with van der Waals surface area (Å²) in [7, 11) is 0. The number of fused-ring (bicyclic) bond motifs is 1. The Morgan fingerprint density at radius 3 is 2.26 bits per heavy atom. The van der Waals surface area contributed by atoms with Gasteiger partial charge >= 0.3 is 0 Å². The first-order valence-electron chi connectivity index (χ1n) is 11.8. The number of hydrogen-bond acceptors (Lipinski definition) is 4. The van der Waals surface area contributed by atoms with Crippen molar-refractivity contribution >= 4 is 16.6 Å². The molecule has 0 atom stereocenters. The van der Waals surface area contributed by atoms with Crippen molar-refractivity contribution in [2.75, 3.05) is 31.1 Å². The van der Waals surface area contributed by atoms with Crippen LogP contribution in [-0.4, -0.2) is 42.1 Å². The van der Waals surface area contributed by atoms with E-state index in [2.05, 4.69) is 65.0 Å². The lowest BCUT2D eigenvalue weighted by atomic mass is 9.98. The molecule has 4 aromatic rings. The largest absolute Gasteiger partial charge is 0.369 e. The zero-order valence-electron chi connectivity index (χ0n) is 19.6. The molecule has 34 heavy (non-hydrogen) atoms. The van der Waals surface area contributed by atoms with Gasteiger partial charge in [-0.15, -0.1) is 0 Å². The summed E-state index contributed by atoms with van der Waals surface area (Å²) in [6, 6.07) is 26.7. The zero-order chi connectivity index (χ0) is 23.7. The van der Waals surface area contributed by atoms with Gasteiger partial charge in [0.1, 0.15) is 0 Å². The Morgan fingerprint density at radius 2 is 1.56 bits per heavy atom. The van der Waals surface area contributed by atoms with Crippen molar-refractivity contribution in [1.82, 2.24) is 9.88 Å². The van der Waals surface area contributed by atoms with Crippen LogP contribution in [0.2, 0.25) is 0 Å². The summed E-state index contributed by atoms with van der Waals surface area (Å²) in [6.45, 7) is 8.81. The molecule has 0 aliphatic carbocycles. The zero-order valence-corrected chi connectivity index (χ0v) is 19.6. The van der Waals surface area contributed by atoms with Crippen LogP contribution in [0.15, 0.2) is 77.6 Å². The molecule has 5 heteroatoms. The molecule has 0 bridgehead atoms. The van der Waals surface area contributed by atoms with E-state index in [-0.39, 0.29) is 5.56 Å². The van der Waals surface area contributed by atoms with Crippen LogP contribution in [0, 0.1) is 11.3 Å².